The van der Waals surface area contributed by atoms with Gasteiger partial charge in [-0.2, -0.15) is 5.10 Å². The van der Waals surface area contributed by atoms with Crippen LogP contribution in [-0.4, -0.2) is 30.6 Å². The third-order valence-corrected chi connectivity index (χ3v) is 5.19. The summed E-state index contributed by atoms with van der Waals surface area (Å²) in [5.41, 5.74) is 3.39. The van der Waals surface area contributed by atoms with Crippen LogP contribution >= 0.6 is 11.3 Å². The van der Waals surface area contributed by atoms with Crippen LogP contribution in [0.25, 0.3) is 0 Å². The highest BCUT2D eigenvalue weighted by atomic mass is 32.1. The lowest BCUT2D eigenvalue weighted by Crippen LogP contribution is -2.32. The van der Waals surface area contributed by atoms with Crippen molar-refractivity contribution in [2.45, 2.75) is 32.6 Å². The third-order valence-electron chi connectivity index (χ3n) is 3.99. The van der Waals surface area contributed by atoms with E-state index < -0.39 is 17.8 Å². The predicted molar refractivity (Wildman–Crippen MR) is 100.0 cm³/mol. The van der Waals surface area contributed by atoms with Crippen LogP contribution in [0.4, 0.5) is 5.00 Å². The molecule has 1 aliphatic carbocycles. The van der Waals surface area contributed by atoms with Gasteiger partial charge >= 0.3 is 17.8 Å². The van der Waals surface area contributed by atoms with Gasteiger partial charge in [0.25, 0.3) is 0 Å². The van der Waals surface area contributed by atoms with Gasteiger partial charge in [-0.05, 0) is 50.3 Å². The molecule has 0 bridgehead atoms. The van der Waals surface area contributed by atoms with E-state index in [2.05, 4.69) is 15.8 Å². The lowest BCUT2D eigenvalue weighted by atomic mass is 9.95. The van der Waals surface area contributed by atoms with Crippen molar-refractivity contribution < 1.29 is 23.5 Å². The van der Waals surface area contributed by atoms with E-state index in [0.29, 0.717) is 16.3 Å². The van der Waals surface area contributed by atoms with Gasteiger partial charge in [0.05, 0.1) is 24.6 Å². The van der Waals surface area contributed by atoms with Gasteiger partial charge < -0.3 is 14.5 Å². The molecule has 0 unspecified atom stereocenters. The van der Waals surface area contributed by atoms with Gasteiger partial charge in [-0.1, -0.05) is 0 Å². The summed E-state index contributed by atoms with van der Waals surface area (Å²) in [4.78, 5) is 37.5. The zero-order chi connectivity index (χ0) is 19.2. The largest absolute Gasteiger partial charge is 0.463 e. The van der Waals surface area contributed by atoms with Crippen LogP contribution in [0, 0.1) is 0 Å². The molecular weight excluding hydrogens is 370 g/mol. The van der Waals surface area contributed by atoms with Crippen molar-refractivity contribution in [1.29, 1.82) is 0 Å². The van der Waals surface area contributed by atoms with Crippen LogP contribution in [0.2, 0.25) is 0 Å². The van der Waals surface area contributed by atoms with Gasteiger partial charge in [-0.25, -0.2) is 10.2 Å². The van der Waals surface area contributed by atoms with Crippen LogP contribution in [0.5, 0.6) is 0 Å². The first kappa shape index (κ1) is 18.8. The van der Waals surface area contributed by atoms with E-state index in [0.717, 1.165) is 36.1 Å². The number of hydrogen-bond donors (Lipinski definition) is 2. The maximum absolute atomic E-state index is 12.4. The molecule has 2 amide bonds. The fraction of sp³-hybridized carbons (Fsp3) is 0.333. The van der Waals surface area contributed by atoms with Crippen molar-refractivity contribution >= 4 is 40.3 Å². The number of aryl methyl sites for hydroxylation is 1. The first-order valence-corrected chi connectivity index (χ1v) is 9.41. The number of esters is 1. The molecule has 0 spiro atoms. The van der Waals surface area contributed by atoms with E-state index in [1.54, 1.807) is 19.1 Å². The van der Waals surface area contributed by atoms with Gasteiger partial charge in [0.2, 0.25) is 0 Å². The summed E-state index contributed by atoms with van der Waals surface area (Å²) >= 11 is 1.32. The van der Waals surface area contributed by atoms with E-state index in [4.69, 9.17) is 9.15 Å². The molecule has 142 valence electrons. The zero-order valence-electron chi connectivity index (χ0n) is 14.7. The summed E-state index contributed by atoms with van der Waals surface area (Å²) in [6.07, 6.45) is 6.36. The molecule has 0 atom stereocenters. The number of furan rings is 1. The molecule has 9 heteroatoms. The summed E-state index contributed by atoms with van der Waals surface area (Å²) in [5.74, 6) is -1.90. The van der Waals surface area contributed by atoms with Gasteiger partial charge in [-0.3, -0.25) is 9.59 Å². The molecule has 27 heavy (non-hydrogen) atoms. The minimum atomic E-state index is -0.945. The standard InChI is InChI=1S/C18H19N3O5S/c1-2-25-18(24)14-12-7-3-4-8-13(12)27-17(14)20-15(22)16(23)21-19-10-11-6-5-9-26-11/h5-6,9-10H,2-4,7-8H2,1H3,(H,20,22)(H,21,23). The van der Waals surface area contributed by atoms with E-state index >= 15 is 0 Å². The van der Waals surface area contributed by atoms with Crippen LogP contribution < -0.4 is 10.7 Å². The average Bonchev–Trinajstić information content (AvgIpc) is 3.28. The Morgan fingerprint density at radius 3 is 2.85 bits per heavy atom. The third kappa shape index (κ3) is 4.43. The molecule has 0 fully saturated rings. The van der Waals surface area contributed by atoms with Gasteiger partial charge in [0.15, 0.2) is 0 Å². The van der Waals surface area contributed by atoms with E-state index in [9.17, 15) is 14.4 Å². The minimum Gasteiger partial charge on any atom is -0.463 e. The number of ether oxygens (including phenoxy) is 1. The second-order valence-corrected chi connectivity index (χ2v) is 6.91. The monoisotopic (exact) mass is 389 g/mol. The first-order chi connectivity index (χ1) is 13.1. The number of rotatable bonds is 5. The topological polar surface area (TPSA) is 110 Å². The molecule has 2 aromatic heterocycles. The highest BCUT2D eigenvalue weighted by Gasteiger charge is 2.28. The summed E-state index contributed by atoms with van der Waals surface area (Å²) in [7, 11) is 0. The Kier molecular flexibility index (Phi) is 6.02. The summed E-state index contributed by atoms with van der Waals surface area (Å²) < 4.78 is 10.2. The van der Waals surface area contributed by atoms with E-state index in [1.807, 2.05) is 0 Å². The molecule has 0 radical (unpaired) electrons. The molecule has 0 aromatic carbocycles. The fourth-order valence-corrected chi connectivity index (χ4v) is 4.08. The number of hydrazone groups is 1. The minimum absolute atomic E-state index is 0.235. The molecule has 2 aromatic rings. The number of amides is 2. The summed E-state index contributed by atoms with van der Waals surface area (Å²) in [5, 5.41) is 6.52. The lowest BCUT2D eigenvalue weighted by molar-refractivity contribution is -0.136. The van der Waals surface area contributed by atoms with Crippen molar-refractivity contribution in [1.82, 2.24) is 5.43 Å². The SMILES string of the molecule is CCOC(=O)c1c(NC(=O)C(=O)NN=Cc2ccco2)sc2c1CCCC2. The number of carbonyl (C=O) groups excluding carboxylic acids is 3. The Morgan fingerprint density at radius 2 is 2.11 bits per heavy atom. The van der Waals surface area contributed by atoms with Crippen LogP contribution in [0.3, 0.4) is 0 Å². The van der Waals surface area contributed by atoms with Gasteiger partial charge in [0.1, 0.15) is 10.8 Å². The molecule has 1 aliphatic rings. The summed E-state index contributed by atoms with van der Waals surface area (Å²) in [6, 6.07) is 3.32. The molecular formula is C18H19N3O5S. The number of nitrogens with one attached hydrogen (secondary N) is 2. The van der Waals surface area contributed by atoms with Crippen molar-refractivity contribution in [3.05, 3.63) is 40.2 Å². The second kappa shape index (κ2) is 8.63. The number of anilines is 1. The molecule has 2 N–H and O–H groups in total. The maximum Gasteiger partial charge on any atom is 0.341 e. The van der Waals surface area contributed by atoms with Crippen molar-refractivity contribution in [3.8, 4) is 0 Å². The highest BCUT2D eigenvalue weighted by molar-refractivity contribution is 7.17. The first-order valence-electron chi connectivity index (χ1n) is 8.59. The van der Waals surface area contributed by atoms with Crippen molar-refractivity contribution in [2.75, 3.05) is 11.9 Å². The van der Waals surface area contributed by atoms with Crippen LogP contribution in [0.15, 0.2) is 27.9 Å². The number of hydrogen-bond acceptors (Lipinski definition) is 7. The molecule has 8 nitrogen and oxygen atoms in total. The molecule has 2 heterocycles. The highest BCUT2D eigenvalue weighted by Crippen LogP contribution is 2.38. The number of thiophene rings is 1. The zero-order valence-corrected chi connectivity index (χ0v) is 15.6. The quantitative estimate of drug-likeness (QED) is 0.353. The molecule has 0 saturated carbocycles. The Balaban J connectivity index is 1.72. The summed E-state index contributed by atoms with van der Waals surface area (Å²) in [6.45, 7) is 1.96. The Labute approximate surface area is 159 Å². The van der Waals surface area contributed by atoms with Gasteiger partial charge in [-0.15, -0.1) is 11.3 Å². The molecule has 0 aliphatic heterocycles. The van der Waals surface area contributed by atoms with E-state index in [1.165, 1.54) is 23.8 Å². The Bertz CT molecular complexity index is 870. The molecule has 0 saturated heterocycles. The number of fused-ring (bicyclic) bond motifs is 1. The van der Waals surface area contributed by atoms with Crippen LogP contribution in [0.1, 0.15) is 46.3 Å². The lowest BCUT2D eigenvalue weighted by Gasteiger charge is -2.12. The second-order valence-electron chi connectivity index (χ2n) is 5.80. The van der Waals surface area contributed by atoms with Gasteiger partial charge in [0, 0.05) is 4.88 Å². The normalized spacial score (nSPS) is 13.2. The van der Waals surface area contributed by atoms with Crippen LogP contribution in [-0.2, 0) is 27.2 Å². The smallest absolute Gasteiger partial charge is 0.341 e. The number of carbonyl (C=O) groups is 3. The van der Waals surface area contributed by atoms with Crippen molar-refractivity contribution in [3.63, 3.8) is 0 Å². The Morgan fingerprint density at radius 1 is 1.30 bits per heavy atom. The van der Waals surface area contributed by atoms with E-state index in [-0.39, 0.29) is 6.61 Å². The number of nitrogens with zero attached hydrogens (tertiary/aromatic N) is 1. The average molecular weight is 389 g/mol. The Hall–Kier alpha value is -2.94. The predicted octanol–water partition coefficient (Wildman–Crippen LogP) is 2.49. The van der Waals surface area contributed by atoms with Crippen molar-refractivity contribution in [2.24, 2.45) is 5.10 Å². The fourth-order valence-electron chi connectivity index (χ4n) is 2.80. The molecule has 3 rings (SSSR count). The maximum atomic E-state index is 12.4.